The van der Waals surface area contributed by atoms with Gasteiger partial charge in [0, 0.05) is 18.7 Å². The van der Waals surface area contributed by atoms with Crippen molar-refractivity contribution in [3.8, 4) is 5.75 Å². The Bertz CT molecular complexity index is 368. The molecule has 0 unspecified atom stereocenters. The number of halogens is 1. The second-order valence-electron chi connectivity index (χ2n) is 3.27. The minimum Gasteiger partial charge on any atom is -0.508 e. The predicted molar refractivity (Wildman–Crippen MR) is 54.0 cm³/mol. The van der Waals surface area contributed by atoms with Gasteiger partial charge in [-0.05, 0) is 19.1 Å². The fraction of sp³-hybridized carbons (Fsp3) is 0.300. The van der Waals surface area contributed by atoms with E-state index in [9.17, 15) is 9.18 Å². The van der Waals surface area contributed by atoms with Crippen molar-refractivity contribution in [3.63, 3.8) is 0 Å². The van der Waals surface area contributed by atoms with Crippen LogP contribution in [0.15, 0.2) is 18.2 Å². The van der Waals surface area contributed by atoms with Crippen LogP contribution in [-0.4, -0.2) is 23.6 Å². The SMILES string of the molecule is C[C@H](CN)NC(=O)c1ccc(O)cc1F. The molecule has 1 amide bonds. The quantitative estimate of drug-likeness (QED) is 0.687. The summed E-state index contributed by atoms with van der Waals surface area (Å²) in [6, 6.07) is 3.15. The Morgan fingerprint density at radius 2 is 2.33 bits per heavy atom. The van der Waals surface area contributed by atoms with Crippen molar-refractivity contribution >= 4 is 5.91 Å². The molecule has 0 aliphatic carbocycles. The first-order valence-corrected chi connectivity index (χ1v) is 4.54. The summed E-state index contributed by atoms with van der Waals surface area (Å²) < 4.78 is 13.2. The molecule has 5 heteroatoms. The van der Waals surface area contributed by atoms with Crippen LogP contribution in [0.25, 0.3) is 0 Å². The Morgan fingerprint density at radius 1 is 1.67 bits per heavy atom. The molecule has 1 aromatic carbocycles. The highest BCUT2D eigenvalue weighted by molar-refractivity contribution is 5.94. The van der Waals surface area contributed by atoms with E-state index in [1.807, 2.05) is 0 Å². The largest absolute Gasteiger partial charge is 0.508 e. The van der Waals surface area contributed by atoms with Gasteiger partial charge in [-0.15, -0.1) is 0 Å². The number of aromatic hydroxyl groups is 1. The zero-order valence-corrected chi connectivity index (χ0v) is 8.33. The van der Waals surface area contributed by atoms with Crippen LogP contribution in [0.2, 0.25) is 0 Å². The Hall–Kier alpha value is -1.62. The van der Waals surface area contributed by atoms with E-state index in [0.717, 1.165) is 6.07 Å². The van der Waals surface area contributed by atoms with Crippen molar-refractivity contribution < 1.29 is 14.3 Å². The van der Waals surface area contributed by atoms with E-state index < -0.39 is 11.7 Å². The summed E-state index contributed by atoms with van der Waals surface area (Å²) in [7, 11) is 0. The molecule has 0 aromatic heterocycles. The molecular weight excluding hydrogens is 199 g/mol. The molecule has 1 aromatic rings. The summed E-state index contributed by atoms with van der Waals surface area (Å²) in [4.78, 5) is 11.5. The van der Waals surface area contributed by atoms with Crippen LogP contribution in [0.4, 0.5) is 4.39 Å². The number of hydrogen-bond donors (Lipinski definition) is 3. The summed E-state index contributed by atoms with van der Waals surface area (Å²) in [6.07, 6.45) is 0. The third-order valence-electron chi connectivity index (χ3n) is 1.93. The average Bonchev–Trinajstić information content (AvgIpc) is 2.17. The minimum atomic E-state index is -0.753. The molecule has 4 nitrogen and oxygen atoms in total. The van der Waals surface area contributed by atoms with Crippen molar-refractivity contribution in [2.24, 2.45) is 5.73 Å². The van der Waals surface area contributed by atoms with Gasteiger partial charge >= 0.3 is 0 Å². The Balaban J connectivity index is 2.82. The van der Waals surface area contributed by atoms with Crippen LogP contribution in [0.5, 0.6) is 5.75 Å². The molecule has 4 N–H and O–H groups in total. The van der Waals surface area contributed by atoms with E-state index in [0.29, 0.717) is 0 Å². The zero-order valence-electron chi connectivity index (χ0n) is 8.33. The number of amides is 1. The number of benzene rings is 1. The maximum absolute atomic E-state index is 13.2. The van der Waals surface area contributed by atoms with Gasteiger partial charge in [-0.3, -0.25) is 4.79 Å². The third-order valence-corrected chi connectivity index (χ3v) is 1.93. The summed E-state index contributed by atoms with van der Waals surface area (Å²) in [5.74, 6) is -1.50. The third kappa shape index (κ3) is 2.92. The maximum Gasteiger partial charge on any atom is 0.254 e. The molecular formula is C10H13FN2O2. The van der Waals surface area contributed by atoms with Gasteiger partial charge in [-0.1, -0.05) is 0 Å². The lowest BCUT2D eigenvalue weighted by Gasteiger charge is -2.11. The first kappa shape index (κ1) is 11.5. The van der Waals surface area contributed by atoms with Crippen LogP contribution < -0.4 is 11.1 Å². The number of rotatable bonds is 3. The monoisotopic (exact) mass is 212 g/mol. The molecule has 0 spiro atoms. The van der Waals surface area contributed by atoms with Crippen molar-refractivity contribution in [1.82, 2.24) is 5.32 Å². The van der Waals surface area contributed by atoms with Crippen LogP contribution in [0.3, 0.4) is 0 Å². The smallest absolute Gasteiger partial charge is 0.254 e. The molecule has 0 aliphatic rings. The minimum absolute atomic E-state index is 0.104. The first-order valence-electron chi connectivity index (χ1n) is 4.54. The van der Waals surface area contributed by atoms with E-state index in [-0.39, 0.29) is 23.9 Å². The fourth-order valence-electron chi connectivity index (χ4n) is 1.05. The van der Waals surface area contributed by atoms with Crippen LogP contribution in [0, 0.1) is 5.82 Å². The van der Waals surface area contributed by atoms with Gasteiger partial charge in [0.05, 0.1) is 5.56 Å². The standard InChI is InChI=1S/C10H13FN2O2/c1-6(5-12)13-10(15)8-3-2-7(14)4-9(8)11/h2-4,6,14H,5,12H2,1H3,(H,13,15)/t6-/m1/s1. The number of carbonyl (C=O) groups is 1. The summed E-state index contributed by atoms with van der Waals surface area (Å²) in [5.41, 5.74) is 5.21. The van der Waals surface area contributed by atoms with Crippen LogP contribution in [-0.2, 0) is 0 Å². The molecule has 0 heterocycles. The van der Waals surface area contributed by atoms with Gasteiger partial charge in [0.25, 0.3) is 5.91 Å². The highest BCUT2D eigenvalue weighted by atomic mass is 19.1. The lowest BCUT2D eigenvalue weighted by atomic mass is 10.2. The van der Waals surface area contributed by atoms with Crippen molar-refractivity contribution in [3.05, 3.63) is 29.6 Å². The van der Waals surface area contributed by atoms with E-state index in [2.05, 4.69) is 5.32 Å². The average molecular weight is 212 g/mol. The molecule has 0 saturated heterocycles. The van der Waals surface area contributed by atoms with Crippen molar-refractivity contribution in [2.75, 3.05) is 6.54 Å². The van der Waals surface area contributed by atoms with E-state index in [4.69, 9.17) is 10.8 Å². The normalized spacial score (nSPS) is 12.2. The Morgan fingerprint density at radius 3 is 2.87 bits per heavy atom. The van der Waals surface area contributed by atoms with Gasteiger partial charge in [0.15, 0.2) is 0 Å². The van der Waals surface area contributed by atoms with Crippen molar-refractivity contribution in [2.45, 2.75) is 13.0 Å². The lowest BCUT2D eigenvalue weighted by molar-refractivity contribution is 0.0937. The fourth-order valence-corrected chi connectivity index (χ4v) is 1.05. The molecule has 0 fully saturated rings. The molecule has 82 valence electrons. The van der Waals surface area contributed by atoms with Gasteiger partial charge in [-0.25, -0.2) is 4.39 Å². The first-order chi connectivity index (χ1) is 7.04. The zero-order chi connectivity index (χ0) is 11.4. The molecule has 1 atom stereocenters. The van der Waals surface area contributed by atoms with Gasteiger partial charge < -0.3 is 16.2 Å². The summed E-state index contributed by atoms with van der Waals surface area (Å²) in [6.45, 7) is 2.00. The Labute approximate surface area is 86.9 Å². The number of phenols is 1. The molecule has 0 radical (unpaired) electrons. The van der Waals surface area contributed by atoms with Crippen LogP contribution >= 0.6 is 0 Å². The Kier molecular flexibility index (Phi) is 3.62. The highest BCUT2D eigenvalue weighted by Crippen LogP contribution is 2.14. The number of phenolic OH excluding ortho intramolecular Hbond substituents is 1. The second kappa shape index (κ2) is 4.75. The highest BCUT2D eigenvalue weighted by Gasteiger charge is 2.13. The molecule has 0 aliphatic heterocycles. The predicted octanol–water partition coefficient (Wildman–Crippen LogP) is 0.608. The van der Waals surface area contributed by atoms with Gasteiger partial charge in [-0.2, -0.15) is 0 Å². The van der Waals surface area contributed by atoms with Crippen LogP contribution in [0.1, 0.15) is 17.3 Å². The number of hydrogen-bond acceptors (Lipinski definition) is 3. The molecule has 0 saturated carbocycles. The van der Waals surface area contributed by atoms with Gasteiger partial charge in [0.2, 0.25) is 0 Å². The molecule has 15 heavy (non-hydrogen) atoms. The van der Waals surface area contributed by atoms with Gasteiger partial charge in [0.1, 0.15) is 11.6 Å². The second-order valence-corrected chi connectivity index (χ2v) is 3.27. The summed E-state index contributed by atoms with van der Waals surface area (Å²) in [5, 5.41) is 11.5. The molecule has 1 rings (SSSR count). The topological polar surface area (TPSA) is 75.3 Å². The molecule has 0 bridgehead atoms. The maximum atomic E-state index is 13.2. The van der Waals surface area contributed by atoms with Crippen molar-refractivity contribution in [1.29, 1.82) is 0 Å². The number of carbonyl (C=O) groups excluding carboxylic acids is 1. The van der Waals surface area contributed by atoms with E-state index >= 15 is 0 Å². The summed E-state index contributed by atoms with van der Waals surface area (Å²) >= 11 is 0. The number of nitrogens with two attached hydrogens (primary N) is 1. The van der Waals surface area contributed by atoms with E-state index in [1.165, 1.54) is 12.1 Å². The number of nitrogens with one attached hydrogen (secondary N) is 1. The van der Waals surface area contributed by atoms with E-state index in [1.54, 1.807) is 6.92 Å². The lowest BCUT2D eigenvalue weighted by Crippen LogP contribution is -2.38.